The van der Waals surface area contributed by atoms with Crippen LogP contribution in [0, 0.1) is 0 Å². The maximum absolute atomic E-state index is 11.7. The largest absolute Gasteiger partial charge is 0.384 e. The summed E-state index contributed by atoms with van der Waals surface area (Å²) in [6.07, 6.45) is 3.02. The highest BCUT2D eigenvalue weighted by molar-refractivity contribution is 7.89. The first-order chi connectivity index (χ1) is 8.55. The van der Waals surface area contributed by atoms with Gasteiger partial charge in [-0.2, -0.15) is 0 Å². The first kappa shape index (κ1) is 14.2. The van der Waals surface area contributed by atoms with Gasteiger partial charge in [0, 0.05) is 26.0 Å². The number of nitrogens with one attached hydrogen (secondary N) is 1. The Morgan fingerprint density at radius 1 is 1.28 bits per heavy atom. The minimum Gasteiger partial charge on any atom is -0.384 e. The number of methoxy groups -OCH3 is 1. The predicted molar refractivity (Wildman–Crippen MR) is 65.7 cm³/mol. The van der Waals surface area contributed by atoms with Crippen LogP contribution in [-0.2, 0) is 24.2 Å². The number of ether oxygens (including phenoxy) is 3. The van der Waals surface area contributed by atoms with E-state index in [9.17, 15) is 8.42 Å². The third-order valence-electron chi connectivity index (χ3n) is 3.46. The van der Waals surface area contributed by atoms with Gasteiger partial charge in [-0.05, 0) is 12.8 Å². The Labute approximate surface area is 108 Å². The SMILES string of the molecule is COCCS(=O)(=O)NC1CCC2(CC1)OCCO2. The molecule has 2 rings (SSSR count). The summed E-state index contributed by atoms with van der Waals surface area (Å²) in [5, 5.41) is 0. The van der Waals surface area contributed by atoms with Crippen molar-refractivity contribution in [1.29, 1.82) is 0 Å². The van der Waals surface area contributed by atoms with Crippen LogP contribution in [0.5, 0.6) is 0 Å². The van der Waals surface area contributed by atoms with Crippen LogP contribution in [0.3, 0.4) is 0 Å². The molecular weight excluding hydrogens is 258 g/mol. The standard InChI is InChI=1S/C11H21NO5S/c1-15-8-9-18(13,14)12-10-2-4-11(5-3-10)16-6-7-17-11/h10,12H,2-9H2,1H3. The van der Waals surface area contributed by atoms with Gasteiger partial charge in [0.15, 0.2) is 5.79 Å². The minimum absolute atomic E-state index is 0.00900. The lowest BCUT2D eigenvalue weighted by atomic mass is 9.91. The van der Waals surface area contributed by atoms with E-state index >= 15 is 0 Å². The lowest BCUT2D eigenvalue weighted by Crippen LogP contribution is -2.44. The second-order valence-electron chi connectivity index (χ2n) is 4.81. The van der Waals surface area contributed by atoms with Crippen molar-refractivity contribution < 1.29 is 22.6 Å². The van der Waals surface area contributed by atoms with Crippen molar-refractivity contribution in [3.05, 3.63) is 0 Å². The van der Waals surface area contributed by atoms with Crippen molar-refractivity contribution in [2.24, 2.45) is 0 Å². The molecule has 0 bridgehead atoms. The van der Waals surface area contributed by atoms with Crippen LogP contribution >= 0.6 is 0 Å². The molecule has 1 spiro atoms. The molecule has 106 valence electrons. The van der Waals surface area contributed by atoms with Crippen molar-refractivity contribution in [2.45, 2.75) is 37.5 Å². The molecule has 2 fully saturated rings. The van der Waals surface area contributed by atoms with E-state index in [1.54, 1.807) is 0 Å². The molecule has 0 unspecified atom stereocenters. The predicted octanol–water partition coefficient (Wildman–Crippen LogP) is 0.238. The number of hydrogen-bond donors (Lipinski definition) is 1. The second kappa shape index (κ2) is 5.83. The topological polar surface area (TPSA) is 73.9 Å². The van der Waals surface area contributed by atoms with E-state index in [0.717, 1.165) is 25.7 Å². The maximum Gasteiger partial charge on any atom is 0.214 e. The van der Waals surface area contributed by atoms with Crippen LogP contribution in [0.2, 0.25) is 0 Å². The van der Waals surface area contributed by atoms with Crippen LogP contribution < -0.4 is 4.72 Å². The van der Waals surface area contributed by atoms with Gasteiger partial charge in [-0.1, -0.05) is 0 Å². The number of sulfonamides is 1. The van der Waals surface area contributed by atoms with Gasteiger partial charge in [0.25, 0.3) is 0 Å². The third kappa shape index (κ3) is 3.64. The lowest BCUT2D eigenvalue weighted by Gasteiger charge is -2.35. The number of rotatable bonds is 5. The van der Waals surface area contributed by atoms with E-state index in [2.05, 4.69) is 4.72 Å². The summed E-state index contributed by atoms with van der Waals surface area (Å²) in [7, 11) is -1.74. The molecule has 1 aliphatic heterocycles. The first-order valence-electron chi connectivity index (χ1n) is 6.32. The van der Waals surface area contributed by atoms with Crippen LogP contribution in [0.25, 0.3) is 0 Å². The van der Waals surface area contributed by atoms with Crippen LogP contribution in [-0.4, -0.2) is 52.9 Å². The molecule has 7 heteroatoms. The van der Waals surface area contributed by atoms with Gasteiger partial charge in [-0.3, -0.25) is 0 Å². The van der Waals surface area contributed by atoms with Crippen molar-refractivity contribution in [1.82, 2.24) is 4.72 Å². The molecule has 0 aromatic carbocycles. The summed E-state index contributed by atoms with van der Waals surface area (Å²) in [5.74, 6) is -0.424. The first-order valence-corrected chi connectivity index (χ1v) is 7.97. The Kier molecular flexibility index (Phi) is 4.60. The normalized spacial score (nSPS) is 24.7. The zero-order valence-electron chi connectivity index (χ0n) is 10.7. The molecule has 18 heavy (non-hydrogen) atoms. The van der Waals surface area contributed by atoms with Crippen molar-refractivity contribution in [3.8, 4) is 0 Å². The van der Waals surface area contributed by atoms with E-state index < -0.39 is 15.8 Å². The van der Waals surface area contributed by atoms with Crippen molar-refractivity contribution in [3.63, 3.8) is 0 Å². The van der Waals surface area contributed by atoms with Crippen LogP contribution in [0.4, 0.5) is 0 Å². The second-order valence-corrected chi connectivity index (χ2v) is 6.68. The van der Waals surface area contributed by atoms with E-state index in [0.29, 0.717) is 13.2 Å². The van der Waals surface area contributed by atoms with Gasteiger partial charge in [-0.15, -0.1) is 0 Å². The maximum atomic E-state index is 11.7. The van der Waals surface area contributed by atoms with E-state index in [1.165, 1.54) is 7.11 Å². The highest BCUT2D eigenvalue weighted by Crippen LogP contribution is 2.35. The van der Waals surface area contributed by atoms with Crippen molar-refractivity contribution in [2.75, 3.05) is 32.7 Å². The molecule has 0 atom stereocenters. The zero-order valence-corrected chi connectivity index (χ0v) is 11.5. The molecule has 1 saturated heterocycles. The van der Waals surface area contributed by atoms with E-state index in [-0.39, 0.29) is 18.4 Å². The fraction of sp³-hybridized carbons (Fsp3) is 1.00. The van der Waals surface area contributed by atoms with Crippen LogP contribution in [0.15, 0.2) is 0 Å². The average Bonchev–Trinajstić information content (AvgIpc) is 2.79. The summed E-state index contributed by atoms with van der Waals surface area (Å²) in [6.45, 7) is 1.51. The van der Waals surface area contributed by atoms with Gasteiger partial charge in [0.2, 0.25) is 10.0 Å². The summed E-state index contributed by atoms with van der Waals surface area (Å²) in [6, 6.07) is -0.00900. The molecule has 0 aromatic rings. The van der Waals surface area contributed by atoms with Gasteiger partial charge >= 0.3 is 0 Å². The molecule has 1 heterocycles. The summed E-state index contributed by atoms with van der Waals surface area (Å²) >= 11 is 0. The van der Waals surface area contributed by atoms with Gasteiger partial charge in [0.1, 0.15) is 0 Å². The highest BCUT2D eigenvalue weighted by Gasteiger charge is 2.40. The smallest absolute Gasteiger partial charge is 0.214 e. The van der Waals surface area contributed by atoms with E-state index in [4.69, 9.17) is 14.2 Å². The Morgan fingerprint density at radius 3 is 2.44 bits per heavy atom. The van der Waals surface area contributed by atoms with Gasteiger partial charge in [-0.25, -0.2) is 13.1 Å². The fourth-order valence-electron chi connectivity index (χ4n) is 2.47. The molecule has 1 saturated carbocycles. The highest BCUT2D eigenvalue weighted by atomic mass is 32.2. The molecule has 0 radical (unpaired) electrons. The monoisotopic (exact) mass is 279 g/mol. The fourth-order valence-corrected chi connectivity index (χ4v) is 3.71. The Balaban J connectivity index is 1.79. The van der Waals surface area contributed by atoms with Crippen LogP contribution in [0.1, 0.15) is 25.7 Å². The summed E-state index contributed by atoms with van der Waals surface area (Å²) < 4.78 is 42.1. The molecular formula is C11H21NO5S. The van der Waals surface area contributed by atoms with Gasteiger partial charge in [0.05, 0.1) is 25.6 Å². The Morgan fingerprint density at radius 2 is 1.89 bits per heavy atom. The Bertz CT molecular complexity index is 354. The third-order valence-corrected chi connectivity index (χ3v) is 4.86. The van der Waals surface area contributed by atoms with E-state index in [1.807, 2.05) is 0 Å². The molecule has 0 amide bonds. The number of hydrogen-bond acceptors (Lipinski definition) is 5. The molecule has 0 aromatic heterocycles. The molecule has 1 N–H and O–H groups in total. The Hall–Kier alpha value is -0.210. The minimum atomic E-state index is -3.24. The zero-order chi connectivity index (χ0) is 13.1. The van der Waals surface area contributed by atoms with Crippen molar-refractivity contribution >= 4 is 10.0 Å². The van der Waals surface area contributed by atoms with Gasteiger partial charge < -0.3 is 14.2 Å². The lowest BCUT2D eigenvalue weighted by molar-refractivity contribution is -0.178. The quantitative estimate of drug-likeness (QED) is 0.780. The molecule has 1 aliphatic carbocycles. The summed E-state index contributed by atoms with van der Waals surface area (Å²) in [4.78, 5) is 0. The average molecular weight is 279 g/mol. The summed E-state index contributed by atoms with van der Waals surface area (Å²) in [5.41, 5.74) is 0. The molecule has 2 aliphatic rings. The molecule has 6 nitrogen and oxygen atoms in total.